The maximum Gasteiger partial charge on any atom is 0.410 e. The van der Waals surface area contributed by atoms with E-state index in [1.54, 1.807) is 15.9 Å². The summed E-state index contributed by atoms with van der Waals surface area (Å²) in [6, 6.07) is 7.26. The van der Waals surface area contributed by atoms with Gasteiger partial charge >= 0.3 is 12.1 Å². The van der Waals surface area contributed by atoms with Crippen molar-refractivity contribution in [3.63, 3.8) is 0 Å². The molecular formula is C30H43N3O5. The zero-order valence-electron chi connectivity index (χ0n) is 24.4. The molecule has 1 unspecified atom stereocenters. The lowest BCUT2D eigenvalue weighted by molar-refractivity contribution is -0.128. The van der Waals surface area contributed by atoms with E-state index < -0.39 is 17.1 Å². The molecule has 1 heterocycles. The molecule has 8 heteroatoms. The Kier molecular flexibility index (Phi) is 8.64. The number of benzene rings is 1. The molecule has 8 nitrogen and oxygen atoms in total. The van der Waals surface area contributed by atoms with Crippen LogP contribution in [0.4, 0.5) is 4.79 Å². The second-order valence-electron chi connectivity index (χ2n) is 11.5. The predicted molar refractivity (Wildman–Crippen MR) is 148 cm³/mol. The van der Waals surface area contributed by atoms with Crippen molar-refractivity contribution in [2.75, 3.05) is 34.3 Å². The summed E-state index contributed by atoms with van der Waals surface area (Å²) in [7, 11) is 5.15. The van der Waals surface area contributed by atoms with Gasteiger partial charge in [0.1, 0.15) is 5.60 Å². The van der Waals surface area contributed by atoms with Crippen molar-refractivity contribution in [3.8, 4) is 0 Å². The van der Waals surface area contributed by atoms with Gasteiger partial charge in [0.05, 0.1) is 36.4 Å². The number of amides is 2. The van der Waals surface area contributed by atoms with E-state index in [1.807, 2.05) is 73.0 Å². The highest BCUT2D eigenvalue weighted by molar-refractivity contribution is 5.98. The molecule has 208 valence electrons. The molecule has 1 atom stereocenters. The standard InChI is InChI=1S/C30H43N3O5/c1-10-20(2)16-24(25-19-33(21(3)18-31(25)7)28(36)38-29(4,5)6)26(34)32(8)30(14-15-30)23-13-11-12-22(17-23)27(35)37-9/h11-13,16-17,21H,10,14-15,18-19H2,1-9H3/b20-16?,25-24+. The van der Waals surface area contributed by atoms with Crippen molar-refractivity contribution >= 4 is 18.0 Å². The van der Waals surface area contributed by atoms with Crippen LogP contribution in [0, 0.1) is 0 Å². The van der Waals surface area contributed by atoms with E-state index in [0.717, 1.165) is 36.1 Å². The lowest BCUT2D eigenvalue weighted by Gasteiger charge is -2.42. The second kappa shape index (κ2) is 11.2. The number of carbonyl (C=O) groups excluding carboxylic acids is 3. The highest BCUT2D eigenvalue weighted by Crippen LogP contribution is 2.51. The molecule has 1 aliphatic carbocycles. The number of allylic oxidation sites excluding steroid dienone is 1. The summed E-state index contributed by atoms with van der Waals surface area (Å²) in [5, 5.41) is 0. The van der Waals surface area contributed by atoms with Crippen molar-refractivity contribution in [2.24, 2.45) is 0 Å². The maximum absolute atomic E-state index is 14.2. The van der Waals surface area contributed by atoms with Gasteiger partial charge in [0, 0.05) is 26.3 Å². The first-order valence-corrected chi connectivity index (χ1v) is 13.3. The molecule has 1 saturated carbocycles. The van der Waals surface area contributed by atoms with Gasteiger partial charge in [0.25, 0.3) is 5.91 Å². The molecule has 1 saturated heterocycles. The van der Waals surface area contributed by atoms with Crippen molar-refractivity contribution in [3.05, 3.63) is 58.3 Å². The van der Waals surface area contributed by atoms with Crippen molar-refractivity contribution in [2.45, 2.75) is 78.0 Å². The molecule has 38 heavy (non-hydrogen) atoms. The lowest BCUT2D eigenvalue weighted by Crippen LogP contribution is -2.53. The molecule has 2 amide bonds. The van der Waals surface area contributed by atoms with Gasteiger partial charge in [-0.1, -0.05) is 24.6 Å². The van der Waals surface area contributed by atoms with Crippen LogP contribution in [0.25, 0.3) is 0 Å². The molecular weight excluding hydrogens is 482 g/mol. The number of methoxy groups -OCH3 is 1. The highest BCUT2D eigenvalue weighted by Gasteiger charge is 2.51. The van der Waals surface area contributed by atoms with Crippen LogP contribution in [0.5, 0.6) is 0 Å². The van der Waals surface area contributed by atoms with Gasteiger partial charge in [0.15, 0.2) is 0 Å². The monoisotopic (exact) mass is 525 g/mol. The normalized spacial score (nSPS) is 20.6. The number of rotatable bonds is 6. The fourth-order valence-electron chi connectivity index (χ4n) is 4.88. The molecule has 0 N–H and O–H groups in total. The molecule has 0 aromatic heterocycles. The number of ether oxygens (including phenoxy) is 2. The van der Waals surface area contributed by atoms with E-state index >= 15 is 0 Å². The molecule has 0 bridgehead atoms. The highest BCUT2D eigenvalue weighted by atomic mass is 16.6. The van der Waals surface area contributed by atoms with Gasteiger partial charge in [-0.05, 0) is 77.7 Å². The third kappa shape index (κ3) is 6.22. The average molecular weight is 526 g/mol. The summed E-state index contributed by atoms with van der Waals surface area (Å²) in [4.78, 5) is 45.0. The summed E-state index contributed by atoms with van der Waals surface area (Å²) in [6.45, 7) is 12.5. The molecule has 3 rings (SSSR count). The van der Waals surface area contributed by atoms with Crippen LogP contribution in [0.1, 0.15) is 76.7 Å². The van der Waals surface area contributed by atoms with Crippen molar-refractivity contribution in [1.29, 1.82) is 0 Å². The van der Waals surface area contributed by atoms with Gasteiger partial charge in [-0.15, -0.1) is 0 Å². The van der Waals surface area contributed by atoms with E-state index in [1.165, 1.54) is 7.11 Å². The maximum atomic E-state index is 14.2. The van der Waals surface area contributed by atoms with Crippen LogP contribution >= 0.6 is 0 Å². The zero-order chi connectivity index (χ0) is 28.4. The number of esters is 1. The van der Waals surface area contributed by atoms with E-state index in [-0.39, 0.29) is 24.6 Å². The lowest BCUT2D eigenvalue weighted by atomic mass is 9.98. The quantitative estimate of drug-likeness (QED) is 0.380. The van der Waals surface area contributed by atoms with Gasteiger partial charge in [-0.25, -0.2) is 9.59 Å². The van der Waals surface area contributed by atoms with Gasteiger partial charge in [0.2, 0.25) is 0 Å². The summed E-state index contributed by atoms with van der Waals surface area (Å²) < 4.78 is 10.6. The minimum Gasteiger partial charge on any atom is -0.465 e. The molecule has 1 aromatic rings. The van der Waals surface area contributed by atoms with Crippen LogP contribution in [-0.2, 0) is 19.8 Å². The minimum atomic E-state index is -0.612. The van der Waals surface area contributed by atoms with Gasteiger partial charge < -0.3 is 19.3 Å². The van der Waals surface area contributed by atoms with E-state index in [9.17, 15) is 14.4 Å². The molecule has 2 aliphatic rings. The Bertz CT molecular complexity index is 1140. The van der Waals surface area contributed by atoms with Crippen LogP contribution in [0.15, 0.2) is 47.2 Å². The number of nitrogens with zero attached hydrogens (tertiary/aromatic N) is 3. The third-order valence-corrected chi connectivity index (χ3v) is 7.46. The molecule has 2 fully saturated rings. The van der Waals surface area contributed by atoms with E-state index in [4.69, 9.17) is 9.47 Å². The number of carbonyl (C=O) groups is 3. The Hall–Kier alpha value is -3.29. The first kappa shape index (κ1) is 29.3. The topological polar surface area (TPSA) is 79.4 Å². The van der Waals surface area contributed by atoms with Crippen LogP contribution in [-0.4, -0.2) is 78.6 Å². The van der Waals surface area contributed by atoms with Gasteiger partial charge in [-0.3, -0.25) is 9.69 Å². The summed E-state index contributed by atoms with van der Waals surface area (Å²) in [6.07, 6.45) is 3.97. The Morgan fingerprint density at radius 3 is 2.42 bits per heavy atom. The van der Waals surface area contributed by atoms with Gasteiger partial charge in [-0.2, -0.15) is 0 Å². The van der Waals surface area contributed by atoms with E-state index in [0.29, 0.717) is 17.7 Å². The number of piperazine rings is 1. The molecule has 1 aliphatic heterocycles. The van der Waals surface area contributed by atoms with Crippen LogP contribution in [0.3, 0.4) is 0 Å². The Labute approximate surface area is 227 Å². The van der Waals surface area contributed by atoms with Crippen molar-refractivity contribution < 1.29 is 23.9 Å². The van der Waals surface area contributed by atoms with E-state index in [2.05, 4.69) is 11.8 Å². The third-order valence-electron chi connectivity index (χ3n) is 7.46. The fourth-order valence-corrected chi connectivity index (χ4v) is 4.88. The fraction of sp³-hybridized carbons (Fsp3) is 0.567. The molecule has 0 spiro atoms. The SMILES string of the molecule is CCC(C)=C/C(C(=O)N(C)C1(c2cccc(C(=O)OC)c2)CC1)=C1/CN(C(=O)OC(C)(C)C)C(C)CN1C. The first-order valence-electron chi connectivity index (χ1n) is 13.3. The average Bonchev–Trinajstić information content (AvgIpc) is 3.67. The molecule has 1 aromatic carbocycles. The largest absolute Gasteiger partial charge is 0.465 e. The summed E-state index contributed by atoms with van der Waals surface area (Å²) in [5.74, 6) is -0.513. The zero-order valence-corrected chi connectivity index (χ0v) is 24.4. The summed E-state index contributed by atoms with van der Waals surface area (Å²) in [5.41, 5.74) is 2.71. The summed E-state index contributed by atoms with van der Waals surface area (Å²) >= 11 is 0. The number of likely N-dealkylation sites (N-methyl/N-ethyl adjacent to an activating group) is 2. The van der Waals surface area contributed by atoms with Crippen molar-refractivity contribution in [1.82, 2.24) is 14.7 Å². The van der Waals surface area contributed by atoms with Crippen LogP contribution < -0.4 is 0 Å². The molecule has 0 radical (unpaired) electrons. The van der Waals surface area contributed by atoms with Crippen LogP contribution in [0.2, 0.25) is 0 Å². The predicted octanol–water partition coefficient (Wildman–Crippen LogP) is 5.10. The Morgan fingerprint density at radius 1 is 1.21 bits per heavy atom. The minimum absolute atomic E-state index is 0.0697. The Balaban J connectivity index is 2.02. The Morgan fingerprint density at radius 2 is 1.87 bits per heavy atom. The smallest absolute Gasteiger partial charge is 0.410 e. The second-order valence-corrected chi connectivity index (χ2v) is 11.5. The number of hydrogen-bond donors (Lipinski definition) is 0. The number of hydrogen-bond acceptors (Lipinski definition) is 6. The first-order chi connectivity index (χ1) is 17.7.